The van der Waals surface area contributed by atoms with Crippen LogP contribution in [0.2, 0.25) is 0 Å². The van der Waals surface area contributed by atoms with Crippen molar-refractivity contribution < 1.29 is 64.6 Å². The third-order valence-corrected chi connectivity index (χ3v) is 20.6. The first-order valence-electron chi connectivity index (χ1n) is 41.7. The first-order valence-corrected chi connectivity index (χ1v) is 41.7. The Bertz CT molecular complexity index is 1770. The maximum Gasteiger partial charge on any atom is 0.220 e. The van der Waals surface area contributed by atoms with Crippen molar-refractivity contribution in [1.29, 1.82) is 0 Å². The summed E-state index contributed by atoms with van der Waals surface area (Å²) >= 11 is 0. The van der Waals surface area contributed by atoms with E-state index in [1.54, 1.807) is 0 Å². The second-order valence-electron chi connectivity index (χ2n) is 29.6. The van der Waals surface area contributed by atoms with Gasteiger partial charge in [-0.2, -0.15) is 0 Å². The zero-order valence-corrected chi connectivity index (χ0v) is 62.9. The van der Waals surface area contributed by atoms with Crippen molar-refractivity contribution >= 4 is 5.91 Å². The number of nitrogens with one attached hydrogen (secondary N) is 1. The molecule has 0 aromatic rings. The topological polar surface area (TPSA) is 228 Å². The third kappa shape index (κ3) is 50.3. The number of allylic oxidation sites excluding steroid dienone is 6. The lowest BCUT2D eigenvalue weighted by molar-refractivity contribution is -0.359. The molecular weight excluding hydrogens is 1220 g/mol. The zero-order chi connectivity index (χ0) is 70.1. The lowest BCUT2D eigenvalue weighted by atomic mass is 9.97. The largest absolute Gasteiger partial charge is 0.394 e. The molecule has 0 saturated carbocycles. The van der Waals surface area contributed by atoms with Crippen LogP contribution in [0.5, 0.6) is 0 Å². The van der Waals surface area contributed by atoms with Crippen molar-refractivity contribution in [2.45, 2.75) is 466 Å². The van der Waals surface area contributed by atoms with Gasteiger partial charge in [0, 0.05) is 6.42 Å². The Morgan fingerprint density at radius 1 is 0.371 bits per heavy atom. The molecule has 2 heterocycles. The number of carbonyl (C=O) groups is 1. The summed E-state index contributed by atoms with van der Waals surface area (Å²) in [7, 11) is 0. The van der Waals surface area contributed by atoms with Gasteiger partial charge in [0.05, 0.1) is 32.0 Å². The maximum atomic E-state index is 13.4. The maximum absolute atomic E-state index is 13.4. The normalized spacial score (nSPS) is 22.2. The summed E-state index contributed by atoms with van der Waals surface area (Å²) in [6.07, 6.45) is 71.9. The molecule has 2 aliphatic rings. The van der Waals surface area contributed by atoms with Crippen LogP contribution in [-0.4, -0.2) is 140 Å². The molecule has 12 unspecified atom stereocenters. The Kier molecular flexibility index (Phi) is 63.4. The summed E-state index contributed by atoms with van der Waals surface area (Å²) in [6.45, 7) is 2.92. The van der Waals surface area contributed by atoms with E-state index in [4.69, 9.17) is 18.9 Å². The number of amides is 1. The molecule has 14 nitrogen and oxygen atoms in total. The van der Waals surface area contributed by atoms with E-state index in [2.05, 4.69) is 55.6 Å². The average Bonchev–Trinajstić information content (AvgIpc) is 0.794. The van der Waals surface area contributed by atoms with Crippen LogP contribution in [0.1, 0.15) is 393 Å². The number of rotatable bonds is 71. The van der Waals surface area contributed by atoms with Crippen LogP contribution in [-0.2, 0) is 23.7 Å². The molecule has 1 amide bonds. The van der Waals surface area contributed by atoms with Crippen LogP contribution in [0.15, 0.2) is 36.5 Å². The predicted molar refractivity (Wildman–Crippen MR) is 401 cm³/mol. The lowest BCUT2D eigenvalue weighted by Crippen LogP contribution is -2.65. The Hall–Kier alpha value is -1.79. The smallest absolute Gasteiger partial charge is 0.220 e. The third-order valence-electron chi connectivity index (χ3n) is 20.6. The number of aliphatic hydroxyl groups excluding tert-OH is 8. The Morgan fingerprint density at radius 2 is 0.680 bits per heavy atom. The molecular formula is C83H157NO13. The predicted octanol–water partition coefficient (Wildman–Crippen LogP) is 19.2. The standard InChI is InChI=1S/C83H157NO13/c1-3-5-7-9-11-13-15-17-19-21-23-25-27-29-31-33-35-37-38-40-42-44-46-48-50-52-54-56-58-60-62-64-66-72(87)71(70-94-82-80(93)78(91)81(74(69-86)96-82)97-83-79(92)77(90)76(89)73(68-85)95-83)84-75(88)67-65-63-61-59-57-55-53-51-49-47-45-43-41-39-36-34-32-30-28-26-24-22-20-18-16-14-12-10-8-6-4-2/h16,18,22,24,28,30,71-74,76-83,85-87,89-93H,3-15,17,19-21,23,25-27,29,31-70H2,1-2H3,(H,84,88)/b18-16-,24-22-,30-28-. The van der Waals surface area contributed by atoms with Crippen molar-refractivity contribution in [1.82, 2.24) is 5.32 Å². The summed E-state index contributed by atoms with van der Waals surface area (Å²) in [5, 5.41) is 87.9. The Balaban J connectivity index is 1.59. The molecule has 0 aliphatic carbocycles. The molecule has 14 heteroatoms. The van der Waals surface area contributed by atoms with Crippen molar-refractivity contribution in [2.75, 3.05) is 19.8 Å². The van der Waals surface area contributed by atoms with Gasteiger partial charge in [0.2, 0.25) is 5.91 Å². The highest BCUT2D eigenvalue weighted by Gasteiger charge is 2.51. The highest BCUT2D eigenvalue weighted by Crippen LogP contribution is 2.31. The fourth-order valence-electron chi connectivity index (χ4n) is 14.0. The molecule has 0 spiro atoms. The van der Waals surface area contributed by atoms with Gasteiger partial charge in [-0.25, -0.2) is 0 Å². The Labute approximate surface area is 595 Å². The Morgan fingerprint density at radius 3 is 1.04 bits per heavy atom. The van der Waals surface area contributed by atoms with Gasteiger partial charge in [-0.05, 0) is 51.4 Å². The molecule has 97 heavy (non-hydrogen) atoms. The van der Waals surface area contributed by atoms with Gasteiger partial charge in [0.1, 0.15) is 48.8 Å². The summed E-state index contributed by atoms with van der Waals surface area (Å²) < 4.78 is 23.0. The summed E-state index contributed by atoms with van der Waals surface area (Å²) in [6, 6.07) is -0.831. The van der Waals surface area contributed by atoms with Gasteiger partial charge in [-0.15, -0.1) is 0 Å². The van der Waals surface area contributed by atoms with E-state index in [1.807, 2.05) is 0 Å². The van der Waals surface area contributed by atoms with E-state index >= 15 is 0 Å². The van der Waals surface area contributed by atoms with Crippen molar-refractivity contribution in [3.8, 4) is 0 Å². The minimum absolute atomic E-state index is 0.200. The molecule has 2 aliphatic heterocycles. The molecule has 0 aromatic heterocycles. The molecule has 0 aromatic carbocycles. The summed E-state index contributed by atoms with van der Waals surface area (Å²) in [5.41, 5.74) is 0. The first kappa shape index (κ1) is 91.3. The van der Waals surface area contributed by atoms with Crippen LogP contribution in [0, 0.1) is 0 Å². The average molecular weight is 1380 g/mol. The summed E-state index contributed by atoms with van der Waals surface area (Å²) in [4.78, 5) is 13.4. The minimum atomic E-state index is -1.78. The number of hydrogen-bond acceptors (Lipinski definition) is 13. The van der Waals surface area contributed by atoms with Gasteiger partial charge in [0.25, 0.3) is 0 Å². The van der Waals surface area contributed by atoms with E-state index in [0.717, 1.165) is 64.2 Å². The molecule has 2 rings (SSSR count). The van der Waals surface area contributed by atoms with Crippen LogP contribution in [0.25, 0.3) is 0 Å². The molecule has 12 atom stereocenters. The number of ether oxygens (including phenoxy) is 4. The van der Waals surface area contributed by atoms with Gasteiger partial charge < -0.3 is 65.1 Å². The van der Waals surface area contributed by atoms with Crippen molar-refractivity contribution in [2.24, 2.45) is 0 Å². The van der Waals surface area contributed by atoms with Crippen LogP contribution in [0.4, 0.5) is 0 Å². The molecule has 572 valence electrons. The van der Waals surface area contributed by atoms with Crippen molar-refractivity contribution in [3.63, 3.8) is 0 Å². The molecule has 2 saturated heterocycles. The lowest BCUT2D eigenvalue weighted by Gasteiger charge is -2.46. The first-order chi connectivity index (χ1) is 47.6. The van der Waals surface area contributed by atoms with Crippen LogP contribution >= 0.6 is 0 Å². The molecule has 0 radical (unpaired) electrons. The molecule has 9 N–H and O–H groups in total. The number of unbranched alkanes of at least 4 members (excludes halogenated alkanes) is 52. The van der Waals surface area contributed by atoms with E-state index in [9.17, 15) is 45.6 Å². The molecule has 0 bridgehead atoms. The monoisotopic (exact) mass is 1380 g/mol. The number of carbonyl (C=O) groups excluding carboxylic acids is 1. The van der Waals surface area contributed by atoms with Gasteiger partial charge in [0.15, 0.2) is 12.6 Å². The van der Waals surface area contributed by atoms with Crippen molar-refractivity contribution in [3.05, 3.63) is 36.5 Å². The van der Waals surface area contributed by atoms with E-state index in [-0.39, 0.29) is 12.5 Å². The van der Waals surface area contributed by atoms with Gasteiger partial charge in [-0.1, -0.05) is 371 Å². The second-order valence-corrected chi connectivity index (χ2v) is 29.6. The minimum Gasteiger partial charge on any atom is -0.394 e. The van der Waals surface area contributed by atoms with Crippen LogP contribution < -0.4 is 5.32 Å². The second kappa shape index (κ2) is 67.4. The fourth-order valence-corrected chi connectivity index (χ4v) is 14.0. The highest BCUT2D eigenvalue weighted by atomic mass is 16.7. The van der Waals surface area contributed by atoms with E-state index < -0.39 is 86.8 Å². The molecule has 2 fully saturated rings. The number of aliphatic hydroxyl groups is 8. The quantitative estimate of drug-likeness (QED) is 0.0204. The zero-order valence-electron chi connectivity index (χ0n) is 62.9. The van der Waals surface area contributed by atoms with Gasteiger partial charge >= 0.3 is 0 Å². The number of hydrogen-bond donors (Lipinski definition) is 9. The fraction of sp³-hybridized carbons (Fsp3) is 0.916. The van der Waals surface area contributed by atoms with E-state index in [0.29, 0.717) is 12.8 Å². The van der Waals surface area contributed by atoms with Gasteiger partial charge in [-0.3, -0.25) is 4.79 Å². The SMILES string of the molecule is CCCCCCC/C=C\C/C=C\C/C=C\CCCCCCCCCCCCCCCCCCC(=O)NC(COC1OC(CO)C(OC2OC(CO)C(O)C(O)C2O)C(O)C1O)C(O)CCCCCCCCCCCCCCCCCCCCCCCCCCCCCCCCCC. The highest BCUT2D eigenvalue weighted by molar-refractivity contribution is 5.76. The van der Waals surface area contributed by atoms with E-state index in [1.165, 1.54) is 302 Å². The summed E-state index contributed by atoms with van der Waals surface area (Å²) in [5.74, 6) is -0.200. The van der Waals surface area contributed by atoms with Crippen LogP contribution in [0.3, 0.4) is 0 Å².